The first-order valence-corrected chi connectivity index (χ1v) is 9.05. The Morgan fingerprint density at radius 1 is 1.18 bits per heavy atom. The lowest BCUT2D eigenvalue weighted by Gasteiger charge is -2.26. The molecule has 0 fully saturated rings. The highest BCUT2D eigenvalue weighted by Crippen LogP contribution is 2.36. The first-order valence-electron chi connectivity index (χ1n) is 9.05. The van der Waals surface area contributed by atoms with Gasteiger partial charge in [0, 0.05) is 12.0 Å². The molecule has 4 rings (SSSR count). The topological polar surface area (TPSA) is 82.5 Å². The number of fused-ring (bicyclic) bond motifs is 2. The minimum atomic E-state index is -0.316. The maximum atomic E-state index is 12.5. The van der Waals surface area contributed by atoms with Gasteiger partial charge in [0.05, 0.1) is 17.2 Å². The van der Waals surface area contributed by atoms with Gasteiger partial charge in [-0.1, -0.05) is 32.0 Å². The Morgan fingerprint density at radius 2 is 1.96 bits per heavy atom. The van der Waals surface area contributed by atoms with Gasteiger partial charge >= 0.3 is 0 Å². The van der Waals surface area contributed by atoms with Crippen LogP contribution >= 0.6 is 0 Å². The van der Waals surface area contributed by atoms with Crippen molar-refractivity contribution in [3.8, 4) is 11.5 Å². The Kier molecular flexibility index (Phi) is 4.50. The molecule has 1 amide bonds. The van der Waals surface area contributed by atoms with E-state index in [9.17, 15) is 9.59 Å². The average Bonchev–Trinajstić information content (AvgIpc) is 3.17. The van der Waals surface area contributed by atoms with Crippen molar-refractivity contribution >= 4 is 16.8 Å². The van der Waals surface area contributed by atoms with Crippen molar-refractivity contribution in [2.75, 3.05) is 13.3 Å². The molecule has 144 valence electrons. The van der Waals surface area contributed by atoms with Crippen LogP contribution in [-0.2, 0) is 16.8 Å². The third-order valence-corrected chi connectivity index (χ3v) is 4.93. The van der Waals surface area contributed by atoms with E-state index in [0.29, 0.717) is 23.2 Å². The average molecular weight is 379 g/mol. The fourth-order valence-corrected chi connectivity index (χ4v) is 3.17. The summed E-state index contributed by atoms with van der Waals surface area (Å²) in [4.78, 5) is 29.2. The van der Waals surface area contributed by atoms with Crippen LogP contribution in [0.3, 0.4) is 0 Å². The van der Waals surface area contributed by atoms with E-state index in [-0.39, 0.29) is 30.2 Å². The van der Waals surface area contributed by atoms with Gasteiger partial charge in [-0.3, -0.25) is 14.2 Å². The number of para-hydroxylation sites is 1. The number of nitrogens with zero attached hydrogens (tertiary/aromatic N) is 2. The maximum absolute atomic E-state index is 12.5. The summed E-state index contributed by atoms with van der Waals surface area (Å²) in [6.45, 7) is 4.64. The van der Waals surface area contributed by atoms with Crippen LogP contribution in [0.5, 0.6) is 11.5 Å². The Bertz CT molecular complexity index is 1100. The number of hydrogen-bond acceptors (Lipinski definition) is 5. The molecule has 0 saturated carbocycles. The molecule has 0 spiro atoms. The predicted octanol–water partition coefficient (Wildman–Crippen LogP) is 2.22. The highest BCUT2D eigenvalue weighted by Gasteiger charge is 2.24. The third-order valence-electron chi connectivity index (χ3n) is 4.93. The summed E-state index contributed by atoms with van der Waals surface area (Å²) in [6.07, 6.45) is 1.41. The lowest BCUT2D eigenvalue weighted by molar-refractivity contribution is -0.121. The molecule has 2 heterocycles. The summed E-state index contributed by atoms with van der Waals surface area (Å²) < 4.78 is 12.1. The summed E-state index contributed by atoms with van der Waals surface area (Å²) in [7, 11) is 0. The molecular formula is C21H21N3O4. The minimum Gasteiger partial charge on any atom is -0.454 e. The molecule has 0 bridgehead atoms. The zero-order valence-electron chi connectivity index (χ0n) is 15.8. The molecular weight excluding hydrogens is 358 g/mol. The van der Waals surface area contributed by atoms with Crippen LogP contribution in [0.1, 0.15) is 19.4 Å². The van der Waals surface area contributed by atoms with E-state index in [2.05, 4.69) is 10.3 Å². The van der Waals surface area contributed by atoms with Gasteiger partial charge in [-0.25, -0.2) is 4.98 Å². The van der Waals surface area contributed by atoms with Crippen molar-refractivity contribution in [2.45, 2.75) is 25.8 Å². The molecule has 0 aliphatic carbocycles. The smallest absolute Gasteiger partial charge is 0.261 e. The van der Waals surface area contributed by atoms with Gasteiger partial charge in [0.25, 0.3) is 5.56 Å². The van der Waals surface area contributed by atoms with Gasteiger partial charge in [0.2, 0.25) is 12.7 Å². The predicted molar refractivity (Wildman–Crippen MR) is 105 cm³/mol. The van der Waals surface area contributed by atoms with Gasteiger partial charge in [-0.2, -0.15) is 0 Å². The summed E-state index contributed by atoms with van der Waals surface area (Å²) in [5.74, 6) is 1.20. The molecule has 2 aromatic carbocycles. The van der Waals surface area contributed by atoms with Gasteiger partial charge in [0.15, 0.2) is 11.5 Å². The monoisotopic (exact) mass is 379 g/mol. The number of aromatic nitrogens is 2. The normalized spacial score (nSPS) is 12.9. The van der Waals surface area contributed by atoms with Crippen molar-refractivity contribution in [3.63, 3.8) is 0 Å². The number of nitrogens with one attached hydrogen (secondary N) is 1. The molecule has 0 saturated heterocycles. The lowest BCUT2D eigenvalue weighted by Crippen LogP contribution is -2.39. The lowest BCUT2D eigenvalue weighted by atomic mass is 9.84. The van der Waals surface area contributed by atoms with Crippen molar-refractivity contribution in [1.29, 1.82) is 0 Å². The molecule has 1 aromatic heterocycles. The van der Waals surface area contributed by atoms with Crippen LogP contribution in [0.2, 0.25) is 0 Å². The van der Waals surface area contributed by atoms with Gasteiger partial charge < -0.3 is 14.8 Å². The Labute approximate surface area is 161 Å². The maximum Gasteiger partial charge on any atom is 0.261 e. The fourth-order valence-electron chi connectivity index (χ4n) is 3.17. The van der Waals surface area contributed by atoms with E-state index in [4.69, 9.17) is 9.47 Å². The molecule has 0 radical (unpaired) electrons. The van der Waals surface area contributed by atoms with Gasteiger partial charge in [-0.05, 0) is 29.8 Å². The Morgan fingerprint density at radius 3 is 2.82 bits per heavy atom. The van der Waals surface area contributed by atoms with Crippen molar-refractivity contribution in [2.24, 2.45) is 0 Å². The molecule has 7 heteroatoms. The number of hydrogen-bond donors (Lipinski definition) is 1. The first-order chi connectivity index (χ1) is 13.4. The molecule has 1 N–H and O–H groups in total. The van der Waals surface area contributed by atoms with E-state index in [1.54, 1.807) is 18.2 Å². The number of benzene rings is 2. The number of carbonyl (C=O) groups excluding carboxylic acids is 1. The van der Waals surface area contributed by atoms with Crippen LogP contribution < -0.4 is 20.3 Å². The van der Waals surface area contributed by atoms with Crippen LogP contribution in [0.15, 0.2) is 53.6 Å². The molecule has 28 heavy (non-hydrogen) atoms. The third kappa shape index (κ3) is 3.43. The molecule has 0 unspecified atom stereocenters. The second-order valence-electron chi connectivity index (χ2n) is 7.42. The second kappa shape index (κ2) is 6.99. The van der Waals surface area contributed by atoms with Crippen LogP contribution in [0.25, 0.3) is 10.9 Å². The van der Waals surface area contributed by atoms with Crippen LogP contribution in [-0.4, -0.2) is 28.8 Å². The molecule has 0 atom stereocenters. The largest absolute Gasteiger partial charge is 0.454 e. The number of rotatable bonds is 5. The first kappa shape index (κ1) is 18.0. The summed E-state index contributed by atoms with van der Waals surface area (Å²) in [5.41, 5.74) is 1.11. The number of carbonyl (C=O) groups is 1. The van der Waals surface area contributed by atoms with E-state index in [1.165, 1.54) is 10.9 Å². The number of amides is 1. The van der Waals surface area contributed by atoms with Crippen LogP contribution in [0, 0.1) is 0 Å². The van der Waals surface area contributed by atoms with E-state index < -0.39 is 0 Å². The van der Waals surface area contributed by atoms with Crippen LogP contribution in [0.4, 0.5) is 0 Å². The van der Waals surface area contributed by atoms with Crippen molar-refractivity contribution in [1.82, 2.24) is 14.9 Å². The zero-order valence-corrected chi connectivity index (χ0v) is 15.8. The standard InChI is InChI=1S/C21H21N3O4/c1-21(2,14-7-8-17-18(9-14)28-13-27-17)11-22-19(25)10-24-12-23-16-6-4-3-5-15(16)20(24)26/h3-9,12H,10-11,13H2,1-2H3,(H,22,25). The zero-order chi connectivity index (χ0) is 19.7. The highest BCUT2D eigenvalue weighted by molar-refractivity contribution is 5.78. The second-order valence-corrected chi connectivity index (χ2v) is 7.42. The molecule has 3 aromatic rings. The Balaban J connectivity index is 1.44. The quantitative estimate of drug-likeness (QED) is 0.735. The van der Waals surface area contributed by atoms with E-state index in [0.717, 1.165) is 11.3 Å². The molecule has 1 aliphatic rings. The highest BCUT2D eigenvalue weighted by atomic mass is 16.7. The summed E-state index contributed by atoms with van der Waals surface area (Å²) in [5, 5.41) is 3.41. The van der Waals surface area contributed by atoms with Crippen molar-refractivity contribution < 1.29 is 14.3 Å². The SMILES string of the molecule is CC(C)(CNC(=O)Cn1cnc2ccccc2c1=O)c1ccc2c(c1)OCO2. The molecule has 1 aliphatic heterocycles. The van der Waals surface area contributed by atoms with Gasteiger partial charge in [0.1, 0.15) is 6.54 Å². The van der Waals surface area contributed by atoms with E-state index in [1.807, 2.05) is 38.1 Å². The summed E-state index contributed by atoms with van der Waals surface area (Å²) in [6, 6.07) is 12.9. The fraction of sp³-hybridized carbons (Fsp3) is 0.286. The molecule has 7 nitrogen and oxygen atoms in total. The van der Waals surface area contributed by atoms with E-state index >= 15 is 0 Å². The minimum absolute atomic E-state index is 0.0755. The van der Waals surface area contributed by atoms with Crippen molar-refractivity contribution in [3.05, 3.63) is 64.7 Å². The number of ether oxygens (including phenoxy) is 2. The van der Waals surface area contributed by atoms with Gasteiger partial charge in [-0.15, -0.1) is 0 Å². The summed E-state index contributed by atoms with van der Waals surface area (Å²) >= 11 is 0. The Hall–Kier alpha value is -3.35.